The Kier molecular flexibility index (Phi) is 5.26. The molecule has 3 heteroatoms. The summed E-state index contributed by atoms with van der Waals surface area (Å²) in [5.74, 6) is 0. The van der Waals surface area contributed by atoms with E-state index in [1.807, 2.05) is 18.3 Å². The van der Waals surface area contributed by atoms with Crippen molar-refractivity contribution in [1.29, 1.82) is 0 Å². The monoisotopic (exact) mass is 222 g/mol. The molecular weight excluding hydrogens is 200 g/mol. The summed E-state index contributed by atoms with van der Waals surface area (Å²) >= 11 is 0. The van der Waals surface area contributed by atoms with E-state index in [-0.39, 0.29) is 0 Å². The quantitative estimate of drug-likeness (QED) is 0.804. The van der Waals surface area contributed by atoms with Crippen molar-refractivity contribution in [2.24, 2.45) is 0 Å². The number of aromatic nitrogens is 1. The lowest BCUT2D eigenvalue weighted by atomic mass is 10.2. The number of hydrogen-bond donors (Lipinski definition) is 1. The van der Waals surface area contributed by atoms with Crippen molar-refractivity contribution < 1.29 is 5.11 Å². The van der Waals surface area contributed by atoms with E-state index in [2.05, 4.69) is 23.7 Å². The van der Waals surface area contributed by atoms with Gasteiger partial charge in [-0.3, -0.25) is 4.98 Å². The van der Waals surface area contributed by atoms with Crippen LogP contribution >= 0.6 is 0 Å². The fourth-order valence-electron chi connectivity index (χ4n) is 1.74. The molecule has 0 saturated carbocycles. The van der Waals surface area contributed by atoms with Gasteiger partial charge in [0, 0.05) is 13.1 Å². The number of nitrogens with zero attached hydrogens (tertiary/aromatic N) is 2. The molecule has 1 atom stereocenters. The second-order valence-corrected chi connectivity index (χ2v) is 4.10. The van der Waals surface area contributed by atoms with Gasteiger partial charge in [0.1, 0.15) is 0 Å². The van der Waals surface area contributed by atoms with Crippen molar-refractivity contribution in [2.75, 3.05) is 18.0 Å². The summed E-state index contributed by atoms with van der Waals surface area (Å²) < 4.78 is 0. The summed E-state index contributed by atoms with van der Waals surface area (Å²) in [7, 11) is 0. The average Bonchev–Trinajstić information content (AvgIpc) is 2.29. The minimum absolute atomic E-state index is 0.486. The Morgan fingerprint density at radius 1 is 1.25 bits per heavy atom. The van der Waals surface area contributed by atoms with E-state index < -0.39 is 6.10 Å². The summed E-state index contributed by atoms with van der Waals surface area (Å²) in [5.41, 5.74) is 1.88. The number of aliphatic hydroxyl groups excluding tert-OH is 1. The first-order valence-electron chi connectivity index (χ1n) is 6.08. The highest BCUT2D eigenvalue weighted by molar-refractivity contribution is 5.44. The Labute approximate surface area is 98.1 Å². The van der Waals surface area contributed by atoms with Gasteiger partial charge in [0.15, 0.2) is 0 Å². The van der Waals surface area contributed by atoms with E-state index in [1.165, 1.54) is 0 Å². The van der Waals surface area contributed by atoms with Gasteiger partial charge in [-0.1, -0.05) is 13.8 Å². The minimum atomic E-state index is -0.486. The number of anilines is 1. The molecule has 1 aromatic rings. The van der Waals surface area contributed by atoms with Crippen molar-refractivity contribution in [3.63, 3.8) is 0 Å². The van der Waals surface area contributed by atoms with Crippen molar-refractivity contribution in [2.45, 2.75) is 39.7 Å². The summed E-state index contributed by atoms with van der Waals surface area (Å²) in [4.78, 5) is 6.60. The Morgan fingerprint density at radius 2 is 1.88 bits per heavy atom. The van der Waals surface area contributed by atoms with E-state index in [9.17, 15) is 5.11 Å². The lowest BCUT2D eigenvalue weighted by Crippen LogP contribution is -2.24. The summed E-state index contributed by atoms with van der Waals surface area (Å²) in [6.07, 6.45) is 3.64. The largest absolute Gasteiger partial charge is 0.387 e. The molecule has 0 aliphatic carbocycles. The van der Waals surface area contributed by atoms with E-state index in [4.69, 9.17) is 0 Å². The molecule has 0 aromatic carbocycles. The smallest absolute Gasteiger partial charge is 0.0931 e. The van der Waals surface area contributed by atoms with Crippen LogP contribution in [-0.2, 0) is 0 Å². The van der Waals surface area contributed by atoms with E-state index in [1.54, 1.807) is 6.92 Å². The highest BCUT2D eigenvalue weighted by Crippen LogP contribution is 2.16. The Balaban J connectivity index is 2.76. The topological polar surface area (TPSA) is 36.4 Å². The molecule has 16 heavy (non-hydrogen) atoms. The maximum atomic E-state index is 9.38. The predicted octanol–water partition coefficient (Wildman–Crippen LogP) is 2.76. The zero-order chi connectivity index (χ0) is 12.0. The summed E-state index contributed by atoms with van der Waals surface area (Å²) in [5, 5.41) is 9.38. The third-order valence-electron chi connectivity index (χ3n) is 2.55. The Hall–Kier alpha value is -1.09. The van der Waals surface area contributed by atoms with Gasteiger partial charge in [0.2, 0.25) is 0 Å². The van der Waals surface area contributed by atoms with Gasteiger partial charge in [0.25, 0.3) is 0 Å². The number of aliphatic hydroxyl groups is 1. The van der Waals surface area contributed by atoms with Gasteiger partial charge in [-0.2, -0.15) is 0 Å². The van der Waals surface area contributed by atoms with Crippen molar-refractivity contribution in [3.8, 4) is 0 Å². The van der Waals surface area contributed by atoms with Crippen LogP contribution in [0.1, 0.15) is 45.4 Å². The van der Waals surface area contributed by atoms with Gasteiger partial charge in [-0.25, -0.2) is 0 Å². The number of hydrogen-bond acceptors (Lipinski definition) is 3. The van der Waals surface area contributed by atoms with Gasteiger partial charge in [-0.05, 0) is 31.9 Å². The average molecular weight is 222 g/mol. The van der Waals surface area contributed by atoms with Crippen LogP contribution in [0.2, 0.25) is 0 Å². The summed E-state index contributed by atoms with van der Waals surface area (Å²) in [6, 6.07) is 3.94. The van der Waals surface area contributed by atoms with Gasteiger partial charge in [-0.15, -0.1) is 0 Å². The van der Waals surface area contributed by atoms with Crippen LogP contribution in [0.3, 0.4) is 0 Å². The van der Waals surface area contributed by atoms with Gasteiger partial charge >= 0.3 is 0 Å². The first-order valence-corrected chi connectivity index (χ1v) is 6.08. The maximum absolute atomic E-state index is 9.38. The molecule has 1 rings (SSSR count). The summed E-state index contributed by atoms with van der Waals surface area (Å²) in [6.45, 7) is 8.21. The minimum Gasteiger partial charge on any atom is -0.387 e. The Bertz CT molecular complexity index is 289. The number of pyridine rings is 1. The van der Waals surface area contributed by atoms with Crippen LogP contribution in [0.25, 0.3) is 0 Å². The zero-order valence-electron chi connectivity index (χ0n) is 10.5. The number of rotatable bonds is 6. The highest BCUT2D eigenvalue weighted by atomic mass is 16.3. The molecule has 0 aliphatic rings. The molecule has 1 heterocycles. The van der Waals surface area contributed by atoms with Crippen LogP contribution in [0.4, 0.5) is 5.69 Å². The van der Waals surface area contributed by atoms with Crippen LogP contribution < -0.4 is 4.90 Å². The van der Waals surface area contributed by atoms with E-state index in [0.717, 1.165) is 37.3 Å². The molecule has 0 amide bonds. The van der Waals surface area contributed by atoms with Crippen molar-refractivity contribution >= 4 is 5.69 Å². The molecule has 0 unspecified atom stereocenters. The van der Waals surface area contributed by atoms with Crippen LogP contribution in [-0.4, -0.2) is 23.2 Å². The molecule has 0 aliphatic heterocycles. The van der Waals surface area contributed by atoms with E-state index >= 15 is 0 Å². The molecule has 1 aromatic heterocycles. The molecule has 0 spiro atoms. The molecule has 90 valence electrons. The van der Waals surface area contributed by atoms with Gasteiger partial charge < -0.3 is 10.0 Å². The lowest BCUT2D eigenvalue weighted by Gasteiger charge is -2.23. The first kappa shape index (κ1) is 13.0. The molecule has 1 N–H and O–H groups in total. The molecule has 0 radical (unpaired) electrons. The van der Waals surface area contributed by atoms with Crippen molar-refractivity contribution in [3.05, 3.63) is 24.0 Å². The van der Waals surface area contributed by atoms with Crippen LogP contribution in [0, 0.1) is 0 Å². The van der Waals surface area contributed by atoms with E-state index in [0.29, 0.717) is 0 Å². The van der Waals surface area contributed by atoms with Crippen LogP contribution in [0.15, 0.2) is 18.3 Å². The predicted molar refractivity (Wildman–Crippen MR) is 67.7 cm³/mol. The second kappa shape index (κ2) is 6.48. The second-order valence-electron chi connectivity index (χ2n) is 4.10. The SMILES string of the molecule is CCCN(CCC)c1ccc([C@H](C)O)nc1. The van der Waals surface area contributed by atoms with Gasteiger partial charge in [0.05, 0.1) is 23.7 Å². The third kappa shape index (κ3) is 3.49. The first-order chi connectivity index (χ1) is 7.69. The molecule has 3 nitrogen and oxygen atoms in total. The van der Waals surface area contributed by atoms with Crippen LogP contribution in [0.5, 0.6) is 0 Å². The maximum Gasteiger partial charge on any atom is 0.0931 e. The fourth-order valence-corrected chi connectivity index (χ4v) is 1.74. The molecule has 0 bridgehead atoms. The molecular formula is C13H22N2O. The fraction of sp³-hybridized carbons (Fsp3) is 0.615. The normalized spacial score (nSPS) is 12.5. The van der Waals surface area contributed by atoms with Crippen molar-refractivity contribution in [1.82, 2.24) is 4.98 Å². The highest BCUT2D eigenvalue weighted by Gasteiger charge is 2.06. The molecule has 0 fully saturated rings. The lowest BCUT2D eigenvalue weighted by molar-refractivity contribution is 0.194. The standard InChI is InChI=1S/C13H22N2O/c1-4-8-15(9-5-2)12-6-7-13(11(3)16)14-10-12/h6-7,10-11,16H,4-5,8-9H2,1-3H3/t11-/m0/s1. The Morgan fingerprint density at radius 3 is 2.25 bits per heavy atom. The third-order valence-corrected chi connectivity index (χ3v) is 2.55. The molecule has 0 saturated heterocycles. The zero-order valence-corrected chi connectivity index (χ0v) is 10.5.